The summed E-state index contributed by atoms with van der Waals surface area (Å²) in [6, 6.07) is 10.7. The average molecular weight is 623 g/mol. The zero-order chi connectivity index (χ0) is 32.8. The first kappa shape index (κ1) is 33.2. The highest BCUT2D eigenvalue weighted by Crippen LogP contribution is 2.61. The van der Waals surface area contributed by atoms with Crippen molar-refractivity contribution in [2.75, 3.05) is 39.8 Å². The predicted octanol–water partition coefficient (Wildman–Crippen LogP) is 3.45. The zero-order valence-electron chi connectivity index (χ0n) is 27.8. The smallest absolute Gasteiger partial charge is 0.251 e. The van der Waals surface area contributed by atoms with Gasteiger partial charge in [-0.15, -0.1) is 0 Å². The van der Waals surface area contributed by atoms with Gasteiger partial charge in [0.2, 0.25) is 5.91 Å². The van der Waals surface area contributed by atoms with E-state index in [2.05, 4.69) is 31.4 Å². The molecule has 10 nitrogen and oxygen atoms in total. The Morgan fingerprint density at radius 1 is 1.20 bits per heavy atom. The van der Waals surface area contributed by atoms with Crippen molar-refractivity contribution in [3.63, 3.8) is 0 Å². The van der Waals surface area contributed by atoms with Gasteiger partial charge in [-0.1, -0.05) is 39.0 Å². The first-order valence-corrected chi connectivity index (χ1v) is 16.1. The standard InChI is InChI=1S/C35H50N4O6/c1-19-27-15-24(35(27,3)4)16-28(19)37-34(43)31-30(20(2)41)29(18-40)45-39(31)17-21-10-9-11-26(32(21)44-8)22-12-23(33(42)36-5)14-25(13-22)38(6)7/h9-14,19-20,24,27-31,40-41H,15-18H2,1-8H3,(H,36,42)(H,37,43)/t19-,20-,24+,27+,28-,29-,30+,31-/m0/s1. The molecule has 0 aromatic heterocycles. The van der Waals surface area contributed by atoms with Gasteiger partial charge in [-0.05, 0) is 66.7 Å². The minimum atomic E-state index is -0.885. The summed E-state index contributed by atoms with van der Waals surface area (Å²) >= 11 is 0. The summed E-state index contributed by atoms with van der Waals surface area (Å²) in [5, 5.41) is 28.7. The summed E-state index contributed by atoms with van der Waals surface area (Å²) in [7, 11) is 7.04. The summed E-state index contributed by atoms with van der Waals surface area (Å²) in [5.41, 5.74) is 4.03. The van der Waals surface area contributed by atoms with E-state index >= 15 is 0 Å². The third kappa shape index (κ3) is 6.05. The van der Waals surface area contributed by atoms with Crippen molar-refractivity contribution in [1.29, 1.82) is 0 Å². The molecule has 4 fully saturated rings. The lowest BCUT2D eigenvalue weighted by Gasteiger charge is -2.62. The molecule has 10 heteroatoms. The molecule has 2 bridgehead atoms. The van der Waals surface area contributed by atoms with Crippen LogP contribution >= 0.6 is 0 Å². The molecule has 1 heterocycles. The van der Waals surface area contributed by atoms with Crippen LogP contribution in [0.15, 0.2) is 36.4 Å². The van der Waals surface area contributed by atoms with Crippen LogP contribution in [0.4, 0.5) is 5.69 Å². The number of hydroxylamine groups is 2. The number of anilines is 1. The number of para-hydroxylation sites is 1. The van der Waals surface area contributed by atoms with E-state index in [1.54, 1.807) is 26.1 Å². The summed E-state index contributed by atoms with van der Waals surface area (Å²) in [6.07, 6.45) is 0.523. The van der Waals surface area contributed by atoms with Crippen LogP contribution in [0.3, 0.4) is 0 Å². The van der Waals surface area contributed by atoms with Gasteiger partial charge in [-0.3, -0.25) is 14.4 Å². The molecule has 2 aromatic carbocycles. The topological polar surface area (TPSA) is 124 Å². The number of fused-ring (bicyclic) bond motifs is 2. The van der Waals surface area contributed by atoms with Crippen LogP contribution in [0.5, 0.6) is 5.75 Å². The number of benzene rings is 2. The Hall–Kier alpha value is -3.18. The fourth-order valence-corrected chi connectivity index (χ4v) is 8.13. The minimum Gasteiger partial charge on any atom is -0.496 e. The Balaban J connectivity index is 1.46. The number of nitrogens with one attached hydrogen (secondary N) is 2. The van der Waals surface area contributed by atoms with E-state index in [0.717, 1.165) is 28.8 Å². The SMILES string of the molecule is CNC(=O)c1cc(-c2cccc(CN3O[C@@H](CO)[C@@H]([C@H](C)O)[C@H]3C(=O)N[C@H]3C[C@H]4C[C@H]([C@@H]3C)C4(C)C)c2OC)cc(N(C)C)c1. The van der Waals surface area contributed by atoms with E-state index in [4.69, 9.17) is 9.57 Å². The lowest BCUT2D eigenvalue weighted by atomic mass is 9.45. The Morgan fingerprint density at radius 3 is 2.51 bits per heavy atom. The fourth-order valence-electron chi connectivity index (χ4n) is 8.13. The summed E-state index contributed by atoms with van der Waals surface area (Å²) < 4.78 is 5.97. The van der Waals surface area contributed by atoms with Crippen molar-refractivity contribution in [1.82, 2.24) is 15.7 Å². The molecule has 2 amide bonds. The van der Waals surface area contributed by atoms with Crippen molar-refractivity contribution in [3.8, 4) is 16.9 Å². The van der Waals surface area contributed by atoms with Crippen molar-refractivity contribution >= 4 is 17.5 Å². The molecule has 0 unspecified atom stereocenters. The van der Waals surface area contributed by atoms with Gasteiger partial charge >= 0.3 is 0 Å². The predicted molar refractivity (Wildman–Crippen MR) is 174 cm³/mol. The molecular weight excluding hydrogens is 572 g/mol. The Kier molecular flexibility index (Phi) is 9.52. The minimum absolute atomic E-state index is 0.0512. The van der Waals surface area contributed by atoms with Crippen LogP contribution in [-0.2, 0) is 16.2 Å². The van der Waals surface area contributed by atoms with Crippen molar-refractivity contribution in [2.45, 2.75) is 71.4 Å². The number of amides is 2. The summed E-state index contributed by atoms with van der Waals surface area (Å²) in [5.74, 6) is 1.07. The second-order valence-electron chi connectivity index (χ2n) is 14.0. The van der Waals surface area contributed by atoms with Crippen LogP contribution in [0.25, 0.3) is 11.1 Å². The first-order chi connectivity index (χ1) is 21.3. The number of hydrogen-bond donors (Lipinski definition) is 4. The number of nitrogens with zero attached hydrogens (tertiary/aromatic N) is 2. The number of methoxy groups -OCH3 is 1. The number of aliphatic hydroxyl groups is 2. The molecule has 3 saturated carbocycles. The van der Waals surface area contributed by atoms with Crippen molar-refractivity contribution < 1.29 is 29.4 Å². The van der Waals surface area contributed by atoms with Crippen LogP contribution in [0.2, 0.25) is 0 Å². The lowest BCUT2D eigenvalue weighted by Crippen LogP contribution is -2.62. The van der Waals surface area contributed by atoms with E-state index in [-0.39, 0.29) is 31.0 Å². The molecular formula is C35H50N4O6. The molecule has 246 valence electrons. The van der Waals surface area contributed by atoms with Gasteiger partial charge in [0, 0.05) is 55.5 Å². The highest BCUT2D eigenvalue weighted by molar-refractivity contribution is 5.97. The molecule has 1 saturated heterocycles. The maximum atomic E-state index is 14.1. The number of rotatable bonds is 10. The summed E-state index contributed by atoms with van der Waals surface area (Å²) in [4.78, 5) is 34.9. The zero-order valence-corrected chi connectivity index (χ0v) is 27.8. The molecule has 0 radical (unpaired) electrons. The van der Waals surface area contributed by atoms with E-state index in [0.29, 0.717) is 34.5 Å². The Labute approximate surface area is 267 Å². The third-order valence-corrected chi connectivity index (χ3v) is 10.9. The number of carbonyl (C=O) groups is 2. The summed E-state index contributed by atoms with van der Waals surface area (Å²) in [6.45, 7) is 8.40. The van der Waals surface area contributed by atoms with E-state index < -0.39 is 24.2 Å². The maximum absolute atomic E-state index is 14.1. The van der Waals surface area contributed by atoms with Gasteiger partial charge in [0.05, 0.1) is 26.4 Å². The molecule has 2 aromatic rings. The maximum Gasteiger partial charge on any atom is 0.251 e. The average Bonchev–Trinajstić information content (AvgIpc) is 3.39. The lowest BCUT2D eigenvalue weighted by molar-refractivity contribution is -0.183. The molecule has 45 heavy (non-hydrogen) atoms. The van der Waals surface area contributed by atoms with E-state index in [1.165, 1.54) is 6.42 Å². The molecule has 8 atom stereocenters. The highest BCUT2D eigenvalue weighted by Gasteiger charge is 2.57. The molecule has 3 aliphatic carbocycles. The molecule has 4 N–H and O–H groups in total. The quantitative estimate of drug-likeness (QED) is 0.318. The van der Waals surface area contributed by atoms with Gasteiger partial charge in [0.1, 0.15) is 17.9 Å². The number of carbonyl (C=O) groups excluding carboxylic acids is 2. The van der Waals surface area contributed by atoms with Crippen LogP contribution in [0, 0.1) is 29.1 Å². The van der Waals surface area contributed by atoms with Gasteiger partial charge in [-0.2, -0.15) is 5.06 Å². The normalized spacial score (nSPS) is 29.4. The van der Waals surface area contributed by atoms with Gasteiger partial charge < -0.3 is 30.5 Å². The van der Waals surface area contributed by atoms with E-state index in [9.17, 15) is 19.8 Å². The van der Waals surface area contributed by atoms with Crippen molar-refractivity contribution in [3.05, 3.63) is 47.5 Å². The van der Waals surface area contributed by atoms with Gasteiger partial charge in [-0.25, -0.2) is 0 Å². The molecule has 0 spiro atoms. The third-order valence-electron chi connectivity index (χ3n) is 10.9. The van der Waals surface area contributed by atoms with Crippen molar-refractivity contribution in [2.24, 2.45) is 29.1 Å². The van der Waals surface area contributed by atoms with Gasteiger partial charge in [0.25, 0.3) is 5.91 Å². The fraction of sp³-hybridized carbons (Fsp3) is 0.600. The Bertz CT molecular complexity index is 1410. The molecule has 4 aliphatic rings. The van der Waals surface area contributed by atoms with E-state index in [1.807, 2.05) is 55.4 Å². The number of aliphatic hydroxyl groups excluding tert-OH is 2. The second-order valence-corrected chi connectivity index (χ2v) is 14.0. The van der Waals surface area contributed by atoms with Crippen LogP contribution < -0.4 is 20.3 Å². The molecule has 6 rings (SSSR count). The Morgan fingerprint density at radius 2 is 1.93 bits per heavy atom. The van der Waals surface area contributed by atoms with Gasteiger partial charge in [0.15, 0.2) is 0 Å². The first-order valence-electron chi connectivity index (χ1n) is 16.1. The largest absolute Gasteiger partial charge is 0.496 e. The molecule has 1 aliphatic heterocycles. The van der Waals surface area contributed by atoms with Crippen LogP contribution in [0.1, 0.15) is 56.5 Å². The monoisotopic (exact) mass is 622 g/mol. The number of ether oxygens (including phenoxy) is 1. The van der Waals surface area contributed by atoms with Crippen LogP contribution in [-0.4, -0.2) is 86.2 Å². The number of hydrogen-bond acceptors (Lipinski definition) is 8. The highest BCUT2D eigenvalue weighted by atomic mass is 16.7. The second kappa shape index (κ2) is 12.9.